The molecule has 0 unspecified atom stereocenters. The van der Waals surface area contributed by atoms with E-state index in [0.717, 1.165) is 50.1 Å². The molecular formula is C59H58Cl6N14O10S2. The van der Waals surface area contributed by atoms with Crippen molar-refractivity contribution in [2.24, 2.45) is 28.7 Å². The number of sulfone groups is 2. The molecule has 0 spiro atoms. The first-order valence-electron chi connectivity index (χ1n) is 26.4. The van der Waals surface area contributed by atoms with Gasteiger partial charge in [-0.25, -0.2) is 16.8 Å². The summed E-state index contributed by atoms with van der Waals surface area (Å²) >= 11 is 35.9. The number of amides is 5. The van der Waals surface area contributed by atoms with Crippen molar-refractivity contribution in [1.82, 2.24) is 18.3 Å². The van der Waals surface area contributed by atoms with Crippen molar-refractivity contribution in [2.45, 2.75) is 36.0 Å². The number of morpholine rings is 1. The van der Waals surface area contributed by atoms with Crippen LogP contribution in [0.1, 0.15) is 74.0 Å². The van der Waals surface area contributed by atoms with Crippen LogP contribution in [0.2, 0.25) is 30.1 Å². The number of primary amides is 5. The molecule has 8 aromatic rings. The summed E-state index contributed by atoms with van der Waals surface area (Å²) in [5.41, 5.74) is 30.2. The van der Waals surface area contributed by atoms with E-state index in [4.69, 9.17) is 125 Å². The summed E-state index contributed by atoms with van der Waals surface area (Å²) in [7, 11) is -6.70. The van der Waals surface area contributed by atoms with Gasteiger partial charge in [-0.2, -0.15) is 0 Å². The number of halogens is 6. The molecule has 478 valence electrons. The van der Waals surface area contributed by atoms with Gasteiger partial charge in [0.25, 0.3) is 23.6 Å². The molecule has 1 saturated heterocycles. The Morgan fingerprint density at radius 3 is 1.23 bits per heavy atom. The summed E-state index contributed by atoms with van der Waals surface area (Å²) in [6, 6.07) is 28.8. The van der Waals surface area contributed by atoms with Gasteiger partial charge in [0.05, 0.1) is 71.9 Å². The van der Waals surface area contributed by atoms with Crippen molar-refractivity contribution < 1.29 is 45.5 Å². The molecule has 14 N–H and O–H groups in total. The standard InChI is InChI=1S/C17H19ClN4O2.C14H12Cl2N4O2.C14H13Cl2N3O3S.C14H14ClN3O3S/c18-13-9-15(17(20)23)16(19)22(11-13)10-12-2-1-3-14(8-12)21-4-6-24-7-5-21;15-9-2-7(1-8(3-9)13(18)21)5-20-6-10(16)4-11(12(20)17)14(19)22;1-23(21,22)10-2-3-12(16)8(4-10)6-19-7-9(15)5-11(13(19)17)14(18)20;1-22(20,21)11-4-2-3-9(5-11)7-18-8-10(15)6-12(13(18)16)14(17)19/h1-3,8-9,11,19H,4-7,10H2,(H2,20,23);1-4,6,17H,5H2,(H2,18,21)(H2,19,22);2-5,7,17H,6H2,1H3,(H2,18,20);2-6,8,16H,7H2,1H3,(H2,17,19). The van der Waals surface area contributed by atoms with Gasteiger partial charge in [-0.15, -0.1) is 0 Å². The van der Waals surface area contributed by atoms with Crippen LogP contribution in [0.15, 0.2) is 144 Å². The van der Waals surface area contributed by atoms with Crippen molar-refractivity contribution in [1.29, 1.82) is 21.6 Å². The molecule has 9 rings (SSSR count). The monoisotopic (exact) mass is 1400 g/mol. The Labute approximate surface area is 550 Å². The van der Waals surface area contributed by atoms with Crippen molar-refractivity contribution in [3.63, 3.8) is 0 Å². The molecule has 0 bridgehead atoms. The molecule has 1 aliphatic heterocycles. The number of nitrogens with zero attached hydrogens (tertiary/aromatic N) is 5. The van der Waals surface area contributed by atoms with Crippen molar-refractivity contribution >= 4 is 125 Å². The molecule has 1 fully saturated rings. The van der Waals surface area contributed by atoms with Crippen LogP contribution >= 0.6 is 69.6 Å². The zero-order chi connectivity index (χ0) is 67.4. The Bertz CT molecular complexity index is 4670. The van der Waals surface area contributed by atoms with E-state index >= 15 is 0 Å². The number of ether oxygens (including phenoxy) is 1. The highest BCUT2D eigenvalue weighted by Gasteiger charge is 2.17. The lowest BCUT2D eigenvalue weighted by Crippen LogP contribution is -2.36. The van der Waals surface area contributed by atoms with Crippen LogP contribution in [0.3, 0.4) is 0 Å². The first kappa shape index (κ1) is 71.5. The Kier molecular flexibility index (Phi) is 24.3. The van der Waals surface area contributed by atoms with Crippen molar-refractivity contribution in [2.75, 3.05) is 43.7 Å². The highest BCUT2D eigenvalue weighted by Crippen LogP contribution is 2.24. The minimum absolute atomic E-state index is 0.00431. The van der Waals surface area contributed by atoms with Crippen LogP contribution in [0.4, 0.5) is 5.69 Å². The van der Waals surface area contributed by atoms with Crippen LogP contribution < -0.4 is 55.5 Å². The summed E-state index contributed by atoms with van der Waals surface area (Å²) in [6.45, 7) is 4.08. The van der Waals surface area contributed by atoms with E-state index in [0.29, 0.717) is 38.3 Å². The molecule has 0 aliphatic carbocycles. The van der Waals surface area contributed by atoms with Crippen LogP contribution in [0.5, 0.6) is 0 Å². The number of aromatic nitrogens is 4. The molecule has 91 heavy (non-hydrogen) atoms. The normalized spacial score (nSPS) is 12.0. The van der Waals surface area contributed by atoms with E-state index in [-0.39, 0.29) is 94.3 Å². The van der Waals surface area contributed by atoms with Gasteiger partial charge in [0.15, 0.2) is 19.7 Å². The highest BCUT2D eigenvalue weighted by atomic mass is 35.5. The maximum absolute atomic E-state index is 11.6. The molecule has 5 amide bonds. The molecule has 24 nitrogen and oxygen atoms in total. The molecule has 5 heterocycles. The van der Waals surface area contributed by atoms with Gasteiger partial charge >= 0.3 is 0 Å². The van der Waals surface area contributed by atoms with E-state index < -0.39 is 49.2 Å². The average Bonchev–Trinajstić information content (AvgIpc) is 0.978. The lowest BCUT2D eigenvalue weighted by molar-refractivity contribution is 0.0989. The second-order valence-corrected chi connectivity index (χ2v) is 26.7. The molecule has 4 aromatic carbocycles. The predicted molar refractivity (Wildman–Crippen MR) is 345 cm³/mol. The van der Waals surface area contributed by atoms with Crippen molar-refractivity contribution in [3.05, 3.63) is 236 Å². The maximum Gasteiger partial charge on any atom is 0.252 e. The Balaban J connectivity index is 0.000000193. The molecule has 0 atom stereocenters. The molecule has 0 radical (unpaired) electrons. The van der Waals surface area contributed by atoms with Gasteiger partial charge in [-0.05, 0) is 107 Å². The maximum atomic E-state index is 11.6. The van der Waals surface area contributed by atoms with Gasteiger partial charge in [0.2, 0.25) is 5.91 Å². The third-order valence-electron chi connectivity index (χ3n) is 13.2. The summed E-state index contributed by atoms with van der Waals surface area (Å²) in [6.07, 6.45) is 8.27. The quantitative estimate of drug-likeness (QED) is 0.0530. The van der Waals surface area contributed by atoms with Gasteiger partial charge < -0.3 is 56.6 Å². The van der Waals surface area contributed by atoms with E-state index in [1.807, 2.05) is 12.1 Å². The number of nitrogens with two attached hydrogens (primary N) is 5. The van der Waals surface area contributed by atoms with Crippen LogP contribution in [0.25, 0.3) is 0 Å². The third kappa shape index (κ3) is 20.0. The lowest BCUT2D eigenvalue weighted by atomic mass is 10.1. The number of nitrogens with one attached hydrogen (secondary N) is 4. The summed E-state index contributed by atoms with van der Waals surface area (Å²) in [5, 5.41) is 34.0. The molecule has 32 heteroatoms. The fraction of sp³-hybridized carbons (Fsp3) is 0.169. The van der Waals surface area contributed by atoms with Crippen LogP contribution in [-0.4, -0.2) is 103 Å². The second kappa shape index (κ2) is 31.0. The highest BCUT2D eigenvalue weighted by molar-refractivity contribution is 7.91. The summed E-state index contributed by atoms with van der Waals surface area (Å²) < 4.78 is 57.7. The second-order valence-electron chi connectivity index (χ2n) is 20.1. The largest absolute Gasteiger partial charge is 0.378 e. The van der Waals surface area contributed by atoms with Gasteiger partial charge in [0, 0.05) is 91.3 Å². The molecule has 4 aromatic heterocycles. The number of pyridine rings is 4. The number of carbonyl (C=O) groups excluding carboxylic acids is 5. The van der Waals surface area contributed by atoms with Crippen LogP contribution in [0, 0.1) is 21.6 Å². The molecular weight excluding hydrogens is 1340 g/mol. The lowest BCUT2D eigenvalue weighted by Gasteiger charge is -2.29. The van der Waals surface area contributed by atoms with Gasteiger partial charge in [0.1, 0.15) is 22.0 Å². The fourth-order valence-corrected chi connectivity index (χ4v) is 11.5. The SMILES string of the molecule is CS(=O)(=O)c1ccc(Cl)c(Cn2cc(Cl)cc(C(N)=O)c2=N)c1.CS(=O)(=O)c1cccc(Cn2cc(Cl)cc(C(N)=O)c2=N)c1.N=c1c(C(N)=O)cc(Cl)cn1Cc1cc(Cl)cc(C(N)=O)c1.N=c1c(C(N)=O)cc(Cl)cn1Cc1cccc(N2CCOCC2)c1. The third-order valence-corrected chi connectivity index (χ3v) is 16.8. The Morgan fingerprint density at radius 2 is 0.824 bits per heavy atom. The number of benzene rings is 4. The molecule has 0 saturated carbocycles. The topological polar surface area (TPSA) is 411 Å². The Hall–Kier alpha value is -8.57. The predicted octanol–water partition coefficient (Wildman–Crippen LogP) is 6.12. The smallest absolute Gasteiger partial charge is 0.252 e. The zero-order valence-corrected chi connectivity index (χ0v) is 54.3. The minimum atomic E-state index is -3.39. The minimum Gasteiger partial charge on any atom is -0.378 e. The summed E-state index contributed by atoms with van der Waals surface area (Å²) in [5.74, 6) is -3.53. The number of anilines is 1. The van der Waals surface area contributed by atoms with E-state index in [1.54, 1.807) is 35.0 Å². The number of carbonyl (C=O) groups is 5. The van der Waals surface area contributed by atoms with E-state index in [2.05, 4.69) is 17.0 Å². The van der Waals surface area contributed by atoms with Gasteiger partial charge in [-0.3, -0.25) is 45.6 Å². The van der Waals surface area contributed by atoms with Gasteiger partial charge in [-0.1, -0.05) is 93.9 Å². The van der Waals surface area contributed by atoms with Crippen molar-refractivity contribution in [3.8, 4) is 0 Å². The zero-order valence-electron chi connectivity index (χ0n) is 48.1. The number of hydrogen-bond acceptors (Lipinski definition) is 15. The average molecular weight is 1400 g/mol. The Morgan fingerprint density at radius 1 is 0.440 bits per heavy atom. The number of hydrogen-bond donors (Lipinski definition) is 9. The van der Waals surface area contributed by atoms with E-state index in [9.17, 15) is 40.8 Å². The summed E-state index contributed by atoms with van der Waals surface area (Å²) in [4.78, 5) is 59.3. The van der Waals surface area contributed by atoms with E-state index in [1.165, 1.54) is 93.0 Å². The first-order valence-corrected chi connectivity index (χ1v) is 32.4. The van der Waals surface area contributed by atoms with Crippen LogP contribution in [-0.2, 0) is 50.6 Å². The first-order chi connectivity index (χ1) is 42.6. The number of rotatable bonds is 16. The molecule has 1 aliphatic rings. The fourth-order valence-electron chi connectivity index (χ4n) is 8.80.